The van der Waals surface area contributed by atoms with E-state index in [1.807, 2.05) is 13.0 Å². The summed E-state index contributed by atoms with van der Waals surface area (Å²) in [6.07, 6.45) is 1.97. The molecule has 3 nitrogen and oxygen atoms in total. The number of aliphatic hydroxyl groups excluding tert-OH is 1. The highest BCUT2D eigenvalue weighted by Crippen LogP contribution is 2.32. The Balaban J connectivity index is 2.53. The normalized spacial score (nSPS) is 12.3. The molecule has 0 aliphatic heterocycles. The van der Waals surface area contributed by atoms with Crippen LogP contribution in [0.25, 0.3) is 0 Å². The van der Waals surface area contributed by atoms with Gasteiger partial charge < -0.3 is 9.84 Å². The first-order chi connectivity index (χ1) is 9.04. The first-order valence-electron chi connectivity index (χ1n) is 5.97. The van der Waals surface area contributed by atoms with E-state index in [2.05, 4.69) is 4.98 Å². The highest BCUT2D eigenvalue weighted by molar-refractivity contribution is 5.42. The molecule has 2 aromatic rings. The van der Waals surface area contributed by atoms with Crippen LogP contribution in [0.5, 0.6) is 5.75 Å². The van der Waals surface area contributed by atoms with E-state index in [-0.39, 0.29) is 5.56 Å². The monoisotopic (exact) mass is 261 g/mol. The Morgan fingerprint density at radius 3 is 2.68 bits per heavy atom. The SMILES string of the molecule is COc1cnccc1C(O)c1c(C)cc(C)cc1F. The molecule has 1 heterocycles. The van der Waals surface area contributed by atoms with Gasteiger partial charge in [0.05, 0.1) is 13.3 Å². The van der Waals surface area contributed by atoms with E-state index >= 15 is 0 Å². The second-order valence-corrected chi connectivity index (χ2v) is 4.50. The van der Waals surface area contributed by atoms with Crippen molar-refractivity contribution < 1.29 is 14.2 Å². The number of hydrogen-bond donors (Lipinski definition) is 1. The summed E-state index contributed by atoms with van der Waals surface area (Å²) in [7, 11) is 1.49. The van der Waals surface area contributed by atoms with Gasteiger partial charge in [-0.2, -0.15) is 0 Å². The fraction of sp³-hybridized carbons (Fsp3) is 0.267. The Morgan fingerprint density at radius 2 is 2.05 bits per heavy atom. The van der Waals surface area contributed by atoms with Gasteiger partial charge in [0.2, 0.25) is 0 Å². The van der Waals surface area contributed by atoms with Gasteiger partial charge in [-0.05, 0) is 37.1 Å². The van der Waals surface area contributed by atoms with Crippen LogP contribution in [0.1, 0.15) is 28.4 Å². The molecule has 1 aromatic carbocycles. The van der Waals surface area contributed by atoms with Crippen LogP contribution in [0.3, 0.4) is 0 Å². The van der Waals surface area contributed by atoms with Crippen LogP contribution in [0.15, 0.2) is 30.6 Å². The highest BCUT2D eigenvalue weighted by Gasteiger charge is 2.21. The maximum atomic E-state index is 14.1. The van der Waals surface area contributed by atoms with Gasteiger partial charge in [0.1, 0.15) is 17.7 Å². The van der Waals surface area contributed by atoms with Crippen LogP contribution in [0, 0.1) is 19.7 Å². The molecule has 0 amide bonds. The third kappa shape index (κ3) is 2.58. The molecule has 2 rings (SSSR count). The van der Waals surface area contributed by atoms with E-state index in [1.165, 1.54) is 19.4 Å². The van der Waals surface area contributed by atoms with Crippen LogP contribution < -0.4 is 4.74 Å². The average Bonchev–Trinajstić information content (AvgIpc) is 2.37. The van der Waals surface area contributed by atoms with Gasteiger partial charge >= 0.3 is 0 Å². The summed E-state index contributed by atoms with van der Waals surface area (Å²) >= 11 is 0. The van der Waals surface area contributed by atoms with Crippen LogP contribution in [-0.2, 0) is 0 Å². The average molecular weight is 261 g/mol. The highest BCUT2D eigenvalue weighted by atomic mass is 19.1. The lowest BCUT2D eigenvalue weighted by Crippen LogP contribution is -2.07. The van der Waals surface area contributed by atoms with Crippen molar-refractivity contribution in [2.75, 3.05) is 7.11 Å². The number of halogens is 1. The fourth-order valence-electron chi connectivity index (χ4n) is 2.22. The number of methoxy groups -OCH3 is 1. The summed E-state index contributed by atoms with van der Waals surface area (Å²) in [5.41, 5.74) is 2.31. The van der Waals surface area contributed by atoms with Crippen LogP contribution in [0.4, 0.5) is 4.39 Å². The van der Waals surface area contributed by atoms with Crippen molar-refractivity contribution in [3.8, 4) is 5.75 Å². The van der Waals surface area contributed by atoms with Crippen molar-refractivity contribution >= 4 is 0 Å². The molecule has 0 fully saturated rings. The summed E-state index contributed by atoms with van der Waals surface area (Å²) in [4.78, 5) is 3.92. The molecule has 1 unspecified atom stereocenters. The second-order valence-electron chi connectivity index (χ2n) is 4.50. The fourth-order valence-corrected chi connectivity index (χ4v) is 2.22. The third-order valence-electron chi connectivity index (χ3n) is 3.09. The number of nitrogens with zero attached hydrogens (tertiary/aromatic N) is 1. The van der Waals surface area contributed by atoms with E-state index < -0.39 is 11.9 Å². The lowest BCUT2D eigenvalue weighted by atomic mass is 9.95. The van der Waals surface area contributed by atoms with Gasteiger partial charge in [-0.3, -0.25) is 4.98 Å². The van der Waals surface area contributed by atoms with Crippen molar-refractivity contribution in [2.45, 2.75) is 20.0 Å². The minimum Gasteiger partial charge on any atom is -0.495 e. The minimum atomic E-state index is -1.07. The van der Waals surface area contributed by atoms with Crippen LogP contribution >= 0.6 is 0 Å². The molecule has 1 aromatic heterocycles. The predicted molar refractivity (Wildman–Crippen MR) is 70.7 cm³/mol. The van der Waals surface area contributed by atoms with Crippen molar-refractivity contribution in [1.82, 2.24) is 4.98 Å². The molecule has 4 heteroatoms. The number of benzene rings is 1. The maximum absolute atomic E-state index is 14.1. The predicted octanol–water partition coefficient (Wildman–Crippen LogP) is 2.93. The van der Waals surface area contributed by atoms with Crippen molar-refractivity contribution in [3.63, 3.8) is 0 Å². The molecule has 0 saturated heterocycles. The van der Waals surface area contributed by atoms with E-state index in [1.54, 1.807) is 19.2 Å². The van der Waals surface area contributed by atoms with E-state index in [9.17, 15) is 9.50 Å². The zero-order chi connectivity index (χ0) is 14.0. The molecule has 0 aliphatic carbocycles. The maximum Gasteiger partial charge on any atom is 0.143 e. The lowest BCUT2D eigenvalue weighted by Gasteiger charge is -2.17. The number of aromatic nitrogens is 1. The number of ether oxygens (including phenoxy) is 1. The molecule has 1 N–H and O–H groups in total. The number of rotatable bonds is 3. The Kier molecular flexibility index (Phi) is 3.81. The first-order valence-corrected chi connectivity index (χ1v) is 5.97. The van der Waals surface area contributed by atoms with Gasteiger partial charge in [-0.1, -0.05) is 6.07 Å². The zero-order valence-corrected chi connectivity index (χ0v) is 11.1. The Labute approximate surface area is 111 Å². The summed E-state index contributed by atoms with van der Waals surface area (Å²) in [6, 6.07) is 4.89. The molecule has 0 radical (unpaired) electrons. The molecular formula is C15H16FNO2. The van der Waals surface area contributed by atoms with Crippen molar-refractivity contribution in [1.29, 1.82) is 0 Å². The van der Waals surface area contributed by atoms with Gasteiger partial charge in [0.15, 0.2) is 0 Å². The summed E-state index contributed by atoms with van der Waals surface area (Å²) in [6.45, 7) is 3.60. The second kappa shape index (κ2) is 5.36. The number of hydrogen-bond acceptors (Lipinski definition) is 3. The molecule has 0 aliphatic rings. The summed E-state index contributed by atoms with van der Waals surface area (Å²) < 4.78 is 19.2. The number of aryl methyl sites for hydroxylation is 2. The molecule has 0 saturated carbocycles. The summed E-state index contributed by atoms with van der Waals surface area (Å²) in [5, 5.41) is 10.4. The molecule has 1 atom stereocenters. The number of pyridine rings is 1. The van der Waals surface area contributed by atoms with E-state index in [0.29, 0.717) is 16.9 Å². The minimum absolute atomic E-state index is 0.273. The Hall–Kier alpha value is -1.94. The van der Waals surface area contributed by atoms with Gasteiger partial charge in [0.25, 0.3) is 0 Å². The Morgan fingerprint density at radius 1 is 1.32 bits per heavy atom. The standard InChI is InChI=1S/C15H16FNO2/c1-9-6-10(2)14(12(16)7-9)15(18)11-4-5-17-8-13(11)19-3/h4-8,15,18H,1-3H3. The molecule has 0 spiro atoms. The van der Waals surface area contributed by atoms with Gasteiger partial charge in [-0.25, -0.2) is 4.39 Å². The first kappa shape index (κ1) is 13.5. The lowest BCUT2D eigenvalue weighted by molar-refractivity contribution is 0.208. The topological polar surface area (TPSA) is 42.4 Å². The van der Waals surface area contributed by atoms with Crippen molar-refractivity contribution in [2.24, 2.45) is 0 Å². The summed E-state index contributed by atoms with van der Waals surface area (Å²) in [5.74, 6) is 0.0261. The molecule has 100 valence electrons. The smallest absolute Gasteiger partial charge is 0.143 e. The Bertz CT molecular complexity index is 575. The third-order valence-corrected chi connectivity index (χ3v) is 3.09. The van der Waals surface area contributed by atoms with E-state index in [4.69, 9.17) is 4.74 Å². The van der Waals surface area contributed by atoms with Crippen LogP contribution in [-0.4, -0.2) is 17.2 Å². The number of aliphatic hydroxyl groups is 1. The van der Waals surface area contributed by atoms with Crippen LogP contribution in [0.2, 0.25) is 0 Å². The van der Waals surface area contributed by atoms with Crippen molar-refractivity contribution in [3.05, 3.63) is 58.7 Å². The zero-order valence-electron chi connectivity index (χ0n) is 11.1. The molecule has 0 bridgehead atoms. The van der Waals surface area contributed by atoms with Gasteiger partial charge in [0, 0.05) is 17.3 Å². The molecule has 19 heavy (non-hydrogen) atoms. The quantitative estimate of drug-likeness (QED) is 0.923. The van der Waals surface area contributed by atoms with Gasteiger partial charge in [-0.15, -0.1) is 0 Å². The van der Waals surface area contributed by atoms with E-state index in [0.717, 1.165) is 5.56 Å². The molecular weight excluding hydrogens is 245 g/mol. The largest absolute Gasteiger partial charge is 0.495 e.